The molecule has 90 valence electrons. The SMILES string of the molecule is C=CC(=O)OCCC(=O)O.CC=C(C)C=O. The van der Waals surface area contributed by atoms with Gasteiger partial charge in [0, 0.05) is 6.08 Å². The van der Waals surface area contributed by atoms with Gasteiger partial charge in [0.1, 0.15) is 12.9 Å². The van der Waals surface area contributed by atoms with Crippen LogP contribution in [0.15, 0.2) is 24.3 Å². The highest BCUT2D eigenvalue weighted by molar-refractivity contribution is 5.81. The minimum absolute atomic E-state index is 0.0970. The first-order valence-electron chi connectivity index (χ1n) is 4.57. The maximum Gasteiger partial charge on any atom is 0.330 e. The van der Waals surface area contributed by atoms with E-state index in [-0.39, 0.29) is 13.0 Å². The van der Waals surface area contributed by atoms with E-state index in [0.29, 0.717) is 0 Å². The number of carboxylic acids is 1. The third kappa shape index (κ3) is 14.6. The van der Waals surface area contributed by atoms with E-state index in [1.807, 2.05) is 6.92 Å². The Morgan fingerprint density at radius 3 is 2.25 bits per heavy atom. The number of carbonyl (C=O) groups excluding carboxylic acids is 2. The quantitative estimate of drug-likeness (QED) is 0.436. The van der Waals surface area contributed by atoms with Gasteiger partial charge in [-0.2, -0.15) is 0 Å². The zero-order chi connectivity index (χ0) is 13.0. The molecule has 5 nitrogen and oxygen atoms in total. The molecule has 5 heteroatoms. The van der Waals surface area contributed by atoms with E-state index in [9.17, 15) is 14.4 Å². The minimum Gasteiger partial charge on any atom is -0.481 e. The number of ether oxygens (including phenoxy) is 1. The highest BCUT2D eigenvalue weighted by atomic mass is 16.5. The van der Waals surface area contributed by atoms with Gasteiger partial charge >= 0.3 is 11.9 Å². The Bertz CT molecular complexity index is 278. The summed E-state index contributed by atoms with van der Waals surface area (Å²) >= 11 is 0. The van der Waals surface area contributed by atoms with Gasteiger partial charge in [0.25, 0.3) is 0 Å². The molecule has 0 atom stereocenters. The molecule has 0 saturated carbocycles. The molecule has 0 aliphatic carbocycles. The van der Waals surface area contributed by atoms with Crippen LogP contribution in [-0.4, -0.2) is 29.9 Å². The van der Waals surface area contributed by atoms with Crippen LogP contribution >= 0.6 is 0 Å². The molecule has 0 bridgehead atoms. The van der Waals surface area contributed by atoms with Crippen molar-refractivity contribution in [3.05, 3.63) is 24.3 Å². The van der Waals surface area contributed by atoms with Gasteiger partial charge in [-0.15, -0.1) is 0 Å². The highest BCUT2D eigenvalue weighted by Crippen LogP contribution is 1.83. The van der Waals surface area contributed by atoms with Gasteiger partial charge in [-0.1, -0.05) is 12.7 Å². The lowest BCUT2D eigenvalue weighted by atomic mass is 10.3. The second-order valence-electron chi connectivity index (χ2n) is 2.67. The number of carboxylic acid groups (broad SMARTS) is 1. The molecule has 1 N–H and O–H groups in total. The fourth-order valence-corrected chi connectivity index (χ4v) is 0.366. The fourth-order valence-electron chi connectivity index (χ4n) is 0.366. The molecule has 0 aromatic carbocycles. The lowest BCUT2D eigenvalue weighted by Crippen LogP contribution is -2.06. The molecule has 0 unspecified atom stereocenters. The Hall–Kier alpha value is -1.91. The Labute approximate surface area is 94.4 Å². The summed E-state index contributed by atoms with van der Waals surface area (Å²) in [6, 6.07) is 0. The van der Waals surface area contributed by atoms with E-state index >= 15 is 0 Å². The minimum atomic E-state index is -0.989. The molecule has 0 rings (SSSR count). The smallest absolute Gasteiger partial charge is 0.330 e. The molecule has 16 heavy (non-hydrogen) atoms. The predicted octanol–water partition coefficient (Wildman–Crippen LogP) is 1.34. The van der Waals surface area contributed by atoms with E-state index in [4.69, 9.17) is 5.11 Å². The number of rotatable bonds is 5. The van der Waals surface area contributed by atoms with E-state index in [0.717, 1.165) is 17.9 Å². The first kappa shape index (κ1) is 16.5. The Morgan fingerprint density at radius 1 is 1.44 bits per heavy atom. The molecule has 0 aromatic rings. The molecule has 0 fully saturated rings. The van der Waals surface area contributed by atoms with E-state index in [1.165, 1.54) is 0 Å². The third-order valence-corrected chi connectivity index (χ3v) is 1.37. The molecule has 0 saturated heterocycles. The standard InChI is InChI=1S/C6H8O4.C5H8O/c1-2-6(9)10-4-3-5(7)8;1-3-5(2)4-6/h2H,1,3-4H2,(H,7,8);3-4H,1-2H3. The summed E-state index contributed by atoms with van der Waals surface area (Å²) in [5.74, 6) is -1.59. The van der Waals surface area contributed by atoms with Crippen LogP contribution in [0.4, 0.5) is 0 Å². The average molecular weight is 228 g/mol. The van der Waals surface area contributed by atoms with Crippen LogP contribution in [0.5, 0.6) is 0 Å². The summed E-state index contributed by atoms with van der Waals surface area (Å²) in [5, 5.41) is 8.08. The Balaban J connectivity index is 0. The van der Waals surface area contributed by atoms with Crippen molar-refractivity contribution in [3.63, 3.8) is 0 Å². The van der Waals surface area contributed by atoms with Crippen LogP contribution in [0.2, 0.25) is 0 Å². The van der Waals surface area contributed by atoms with Gasteiger partial charge in [0.05, 0.1) is 6.42 Å². The van der Waals surface area contributed by atoms with Crippen LogP contribution in [0.3, 0.4) is 0 Å². The largest absolute Gasteiger partial charge is 0.481 e. The van der Waals surface area contributed by atoms with Gasteiger partial charge < -0.3 is 9.84 Å². The number of aliphatic carboxylic acids is 1. The van der Waals surface area contributed by atoms with Crippen molar-refractivity contribution in [1.29, 1.82) is 0 Å². The topological polar surface area (TPSA) is 80.7 Å². The first-order valence-corrected chi connectivity index (χ1v) is 4.57. The van der Waals surface area contributed by atoms with E-state index in [2.05, 4.69) is 11.3 Å². The maximum atomic E-state index is 10.3. The van der Waals surface area contributed by atoms with Crippen molar-refractivity contribution in [1.82, 2.24) is 0 Å². The molecule has 0 heterocycles. The normalized spacial score (nSPS) is 9.50. The van der Waals surface area contributed by atoms with Crippen LogP contribution in [-0.2, 0) is 19.1 Å². The van der Waals surface area contributed by atoms with Crippen molar-refractivity contribution in [3.8, 4) is 0 Å². The van der Waals surface area contributed by atoms with Crippen molar-refractivity contribution in [2.45, 2.75) is 20.3 Å². The van der Waals surface area contributed by atoms with Crippen molar-refractivity contribution >= 4 is 18.2 Å². The highest BCUT2D eigenvalue weighted by Gasteiger charge is 1.98. The van der Waals surface area contributed by atoms with E-state index in [1.54, 1.807) is 13.0 Å². The molecule has 0 aliphatic rings. The Morgan fingerprint density at radius 2 is 2.00 bits per heavy atom. The van der Waals surface area contributed by atoms with Crippen LogP contribution < -0.4 is 0 Å². The van der Waals surface area contributed by atoms with Crippen molar-refractivity contribution in [2.75, 3.05) is 6.61 Å². The monoisotopic (exact) mass is 228 g/mol. The lowest BCUT2D eigenvalue weighted by molar-refractivity contribution is -0.142. The van der Waals surface area contributed by atoms with Crippen LogP contribution in [0, 0.1) is 0 Å². The zero-order valence-electron chi connectivity index (χ0n) is 9.43. The number of hydrogen-bond donors (Lipinski definition) is 1. The second kappa shape index (κ2) is 11.2. The number of esters is 1. The molecule has 0 aliphatic heterocycles. The second-order valence-corrected chi connectivity index (χ2v) is 2.67. The lowest BCUT2D eigenvalue weighted by Gasteiger charge is -1.96. The predicted molar refractivity (Wildman–Crippen MR) is 58.9 cm³/mol. The number of allylic oxidation sites excluding steroid dienone is 2. The van der Waals surface area contributed by atoms with Gasteiger partial charge in [-0.05, 0) is 19.4 Å². The van der Waals surface area contributed by atoms with Crippen molar-refractivity contribution in [2.24, 2.45) is 0 Å². The summed E-state index contributed by atoms with van der Waals surface area (Å²) in [4.78, 5) is 29.8. The molecular formula is C11H16O5. The molecule has 0 aromatic heterocycles. The number of hydrogen-bond acceptors (Lipinski definition) is 4. The van der Waals surface area contributed by atoms with Gasteiger partial charge in [-0.25, -0.2) is 4.79 Å². The van der Waals surface area contributed by atoms with Gasteiger partial charge in [0.15, 0.2) is 0 Å². The molecular weight excluding hydrogens is 212 g/mol. The summed E-state index contributed by atoms with van der Waals surface area (Å²) in [7, 11) is 0. The number of carbonyl (C=O) groups is 3. The number of aldehydes is 1. The molecule has 0 spiro atoms. The van der Waals surface area contributed by atoms with Gasteiger partial charge in [0.2, 0.25) is 0 Å². The summed E-state index contributed by atoms with van der Waals surface area (Å²) in [5.41, 5.74) is 0.787. The van der Waals surface area contributed by atoms with Gasteiger partial charge in [-0.3, -0.25) is 9.59 Å². The Kier molecular flexibility index (Phi) is 11.5. The molecule has 0 radical (unpaired) electrons. The van der Waals surface area contributed by atoms with E-state index < -0.39 is 11.9 Å². The fraction of sp³-hybridized carbons (Fsp3) is 0.364. The van der Waals surface area contributed by atoms with Crippen LogP contribution in [0.1, 0.15) is 20.3 Å². The third-order valence-electron chi connectivity index (χ3n) is 1.37. The average Bonchev–Trinajstić information content (AvgIpc) is 2.28. The van der Waals surface area contributed by atoms with Crippen molar-refractivity contribution < 1.29 is 24.2 Å². The summed E-state index contributed by atoms with van der Waals surface area (Å²) in [6.07, 6.45) is 3.43. The summed E-state index contributed by atoms with van der Waals surface area (Å²) < 4.78 is 4.36. The van der Waals surface area contributed by atoms with Crippen LogP contribution in [0.25, 0.3) is 0 Å². The maximum absolute atomic E-state index is 10.3. The first-order chi connectivity index (χ1) is 7.47. The molecule has 0 amide bonds. The zero-order valence-corrected chi connectivity index (χ0v) is 9.43. The summed E-state index contributed by atoms with van der Waals surface area (Å²) in [6.45, 7) is 6.65.